The predicted octanol–water partition coefficient (Wildman–Crippen LogP) is 4.77. The van der Waals surface area contributed by atoms with E-state index in [1.54, 1.807) is 11.8 Å². The maximum atomic E-state index is 11.9. The maximum absolute atomic E-state index is 11.9. The van der Waals surface area contributed by atoms with Gasteiger partial charge in [-0.3, -0.25) is 4.79 Å². The second-order valence-electron chi connectivity index (χ2n) is 7.93. The van der Waals surface area contributed by atoms with Gasteiger partial charge in [0.2, 0.25) is 0 Å². The molecule has 0 aromatic carbocycles. The van der Waals surface area contributed by atoms with Gasteiger partial charge in [-0.05, 0) is 10.8 Å². The van der Waals surface area contributed by atoms with Crippen molar-refractivity contribution in [1.29, 1.82) is 0 Å². The Balaban J connectivity index is 2.20. The molecule has 3 atom stereocenters. The lowest BCUT2D eigenvalue weighted by molar-refractivity contribution is -0.110. The average Bonchev–Trinajstić information content (AvgIpc) is 2.79. The molecule has 0 aromatic heterocycles. The molecule has 0 saturated carbocycles. The van der Waals surface area contributed by atoms with Crippen LogP contribution in [0.15, 0.2) is 11.6 Å². The number of hydrogen-bond donors (Lipinski definition) is 0. The lowest BCUT2D eigenvalue weighted by atomic mass is 9.79. The van der Waals surface area contributed by atoms with Crippen LogP contribution in [0.1, 0.15) is 48.0 Å². The van der Waals surface area contributed by atoms with Crippen LogP contribution in [0.25, 0.3) is 0 Å². The molecule has 3 heteroatoms. The zero-order valence-corrected chi connectivity index (χ0v) is 14.6. The third kappa shape index (κ3) is 3.41. The quantitative estimate of drug-likeness (QED) is 0.649. The van der Waals surface area contributed by atoms with Gasteiger partial charge in [-0.25, -0.2) is 0 Å². The summed E-state index contributed by atoms with van der Waals surface area (Å²) in [6.45, 7) is 13.7. The molecule has 2 rings (SSSR count). The van der Waals surface area contributed by atoms with E-state index in [1.165, 1.54) is 5.57 Å². The summed E-state index contributed by atoms with van der Waals surface area (Å²) in [4.78, 5) is 11.9. The molecule has 0 bridgehead atoms. The van der Waals surface area contributed by atoms with E-state index in [-0.39, 0.29) is 5.41 Å². The lowest BCUT2D eigenvalue weighted by Gasteiger charge is -2.31. The Bertz CT molecular complexity index is 398. The topological polar surface area (TPSA) is 17.1 Å². The van der Waals surface area contributed by atoms with Gasteiger partial charge in [-0.1, -0.05) is 65.0 Å². The Morgan fingerprint density at radius 2 is 1.74 bits per heavy atom. The van der Waals surface area contributed by atoms with Crippen LogP contribution in [-0.4, -0.2) is 21.4 Å². The predicted molar refractivity (Wildman–Crippen MR) is 87.7 cm³/mol. The van der Waals surface area contributed by atoms with Gasteiger partial charge in [0, 0.05) is 28.6 Å². The minimum Gasteiger partial charge on any atom is -0.287 e. The summed E-state index contributed by atoms with van der Waals surface area (Å²) in [7, 11) is 0. The van der Waals surface area contributed by atoms with E-state index in [9.17, 15) is 4.79 Å². The Morgan fingerprint density at radius 3 is 2.21 bits per heavy atom. The van der Waals surface area contributed by atoms with Crippen LogP contribution >= 0.6 is 23.5 Å². The van der Waals surface area contributed by atoms with Gasteiger partial charge >= 0.3 is 0 Å². The highest BCUT2D eigenvalue weighted by atomic mass is 32.2. The number of carbonyl (C=O) groups excluding carboxylic acids is 1. The zero-order chi connectivity index (χ0) is 14.4. The Labute approximate surface area is 126 Å². The van der Waals surface area contributed by atoms with Crippen LogP contribution in [0.5, 0.6) is 0 Å². The first kappa shape index (κ1) is 15.5. The first-order chi connectivity index (χ1) is 8.59. The molecule has 1 fully saturated rings. The second-order valence-corrected chi connectivity index (χ2v) is 10.3. The largest absolute Gasteiger partial charge is 0.287 e. The first-order valence-electron chi connectivity index (χ1n) is 7.11. The van der Waals surface area contributed by atoms with Crippen LogP contribution in [0, 0.1) is 16.7 Å². The monoisotopic (exact) mass is 298 g/mol. The molecule has 2 heterocycles. The molecule has 1 saturated heterocycles. The van der Waals surface area contributed by atoms with Crippen LogP contribution in [0.3, 0.4) is 0 Å². The summed E-state index contributed by atoms with van der Waals surface area (Å²) in [5, 5.41) is 1.43. The molecular formula is C16H26OS2. The van der Waals surface area contributed by atoms with Gasteiger partial charge < -0.3 is 0 Å². The number of hydrogen-bond acceptors (Lipinski definition) is 3. The lowest BCUT2D eigenvalue weighted by Crippen LogP contribution is -2.29. The van der Waals surface area contributed by atoms with Crippen molar-refractivity contribution in [3.05, 3.63) is 11.6 Å². The smallest absolute Gasteiger partial charge is 0.189 e. The summed E-state index contributed by atoms with van der Waals surface area (Å²) >= 11 is 3.63. The van der Waals surface area contributed by atoms with Crippen molar-refractivity contribution in [3.8, 4) is 0 Å². The molecule has 108 valence electrons. The van der Waals surface area contributed by atoms with E-state index in [0.29, 0.717) is 26.9 Å². The Morgan fingerprint density at radius 1 is 1.11 bits per heavy atom. The molecule has 0 unspecified atom stereocenters. The molecule has 0 spiro atoms. The molecule has 0 amide bonds. The van der Waals surface area contributed by atoms with Crippen LogP contribution < -0.4 is 0 Å². The molecule has 2 aliphatic heterocycles. The Kier molecular flexibility index (Phi) is 4.19. The van der Waals surface area contributed by atoms with E-state index in [2.05, 4.69) is 47.6 Å². The fourth-order valence-electron chi connectivity index (χ4n) is 2.87. The highest BCUT2D eigenvalue weighted by Crippen LogP contribution is 2.50. The summed E-state index contributed by atoms with van der Waals surface area (Å²) in [5.74, 6) is 1.59. The van der Waals surface area contributed by atoms with Crippen molar-refractivity contribution in [1.82, 2.24) is 0 Å². The van der Waals surface area contributed by atoms with E-state index < -0.39 is 0 Å². The van der Waals surface area contributed by atoms with Crippen LogP contribution in [0.2, 0.25) is 0 Å². The van der Waals surface area contributed by atoms with E-state index in [1.807, 2.05) is 11.8 Å². The standard InChI is InChI=1S/C16H26OS2/c1-15(2,3)12-7-10(9-18-12)11-8-13(17)19-14(11)16(4,5)6/h7,11-12,14H,8-9H2,1-6H3/t11-,12-,14+/m1/s1. The van der Waals surface area contributed by atoms with Gasteiger partial charge in [0.15, 0.2) is 5.12 Å². The number of carbonyl (C=O) groups is 1. The van der Waals surface area contributed by atoms with E-state index >= 15 is 0 Å². The summed E-state index contributed by atoms with van der Waals surface area (Å²) in [6, 6.07) is 0. The Hall–Kier alpha value is 0.110. The fourth-order valence-corrected chi connectivity index (χ4v) is 5.67. The molecule has 0 N–H and O–H groups in total. The summed E-state index contributed by atoms with van der Waals surface area (Å²) in [5.41, 5.74) is 2.05. The zero-order valence-electron chi connectivity index (χ0n) is 12.9. The molecule has 0 aliphatic carbocycles. The first-order valence-corrected chi connectivity index (χ1v) is 9.03. The maximum Gasteiger partial charge on any atom is 0.189 e. The molecule has 0 radical (unpaired) electrons. The normalized spacial score (nSPS) is 32.8. The van der Waals surface area contributed by atoms with Gasteiger partial charge in [0.05, 0.1) is 0 Å². The fraction of sp³-hybridized carbons (Fsp3) is 0.812. The average molecular weight is 299 g/mol. The third-order valence-corrected chi connectivity index (χ3v) is 7.41. The van der Waals surface area contributed by atoms with Gasteiger partial charge in [-0.2, -0.15) is 0 Å². The van der Waals surface area contributed by atoms with Crippen LogP contribution in [-0.2, 0) is 4.79 Å². The van der Waals surface area contributed by atoms with Crippen molar-refractivity contribution in [3.63, 3.8) is 0 Å². The van der Waals surface area contributed by atoms with Crippen LogP contribution in [0.4, 0.5) is 0 Å². The number of thioether (sulfide) groups is 2. The minimum atomic E-state index is 0.201. The molecule has 1 nitrogen and oxygen atoms in total. The van der Waals surface area contributed by atoms with Crippen molar-refractivity contribution >= 4 is 28.6 Å². The molecular weight excluding hydrogens is 272 g/mol. The van der Waals surface area contributed by atoms with Crippen molar-refractivity contribution in [2.75, 3.05) is 5.75 Å². The molecule has 0 aromatic rings. The summed E-state index contributed by atoms with van der Waals surface area (Å²) < 4.78 is 0. The van der Waals surface area contributed by atoms with E-state index in [0.717, 1.165) is 12.2 Å². The second kappa shape index (κ2) is 5.14. The number of rotatable bonds is 1. The third-order valence-electron chi connectivity index (χ3n) is 3.99. The van der Waals surface area contributed by atoms with Crippen molar-refractivity contribution in [2.24, 2.45) is 16.7 Å². The molecule has 19 heavy (non-hydrogen) atoms. The van der Waals surface area contributed by atoms with E-state index in [4.69, 9.17) is 0 Å². The SMILES string of the molecule is CC(C)(C)[C@H]1C=C([C@H]2CC(=O)S[C@@H]2C(C)(C)C)CS1. The summed E-state index contributed by atoms with van der Waals surface area (Å²) in [6.07, 6.45) is 3.21. The highest BCUT2D eigenvalue weighted by Gasteiger charge is 2.44. The van der Waals surface area contributed by atoms with Crippen molar-refractivity contribution < 1.29 is 4.79 Å². The van der Waals surface area contributed by atoms with Crippen molar-refractivity contribution in [2.45, 2.75) is 58.5 Å². The van der Waals surface area contributed by atoms with Gasteiger partial charge in [0.25, 0.3) is 0 Å². The van der Waals surface area contributed by atoms with Gasteiger partial charge in [0.1, 0.15) is 0 Å². The van der Waals surface area contributed by atoms with Gasteiger partial charge in [-0.15, -0.1) is 11.8 Å². The highest BCUT2D eigenvalue weighted by molar-refractivity contribution is 8.14. The minimum absolute atomic E-state index is 0.201. The molecule has 2 aliphatic rings.